The molecular formula is C17H30O. The van der Waals surface area contributed by atoms with Crippen LogP contribution in [0.2, 0.25) is 0 Å². The fourth-order valence-corrected chi connectivity index (χ4v) is 4.72. The van der Waals surface area contributed by atoms with Crippen molar-refractivity contribution in [3.63, 3.8) is 0 Å². The monoisotopic (exact) mass is 250 g/mol. The van der Waals surface area contributed by atoms with Gasteiger partial charge in [0, 0.05) is 5.92 Å². The normalized spacial score (nSPS) is 39.1. The van der Waals surface area contributed by atoms with E-state index in [9.17, 15) is 0 Å². The average molecular weight is 250 g/mol. The second-order valence-electron chi connectivity index (χ2n) is 6.53. The molecule has 0 radical (unpaired) electrons. The molecule has 0 amide bonds. The van der Waals surface area contributed by atoms with Gasteiger partial charge in [-0.25, -0.2) is 0 Å². The molecule has 1 saturated heterocycles. The van der Waals surface area contributed by atoms with E-state index in [1.165, 1.54) is 37.7 Å². The zero-order chi connectivity index (χ0) is 13.4. The van der Waals surface area contributed by atoms with Gasteiger partial charge in [-0.1, -0.05) is 39.7 Å². The molecule has 0 N–H and O–H groups in total. The van der Waals surface area contributed by atoms with Crippen LogP contribution in [-0.2, 0) is 4.74 Å². The fourth-order valence-electron chi connectivity index (χ4n) is 4.72. The highest BCUT2D eigenvalue weighted by atomic mass is 16.5. The molecule has 0 aromatic carbocycles. The quantitative estimate of drug-likeness (QED) is 0.640. The summed E-state index contributed by atoms with van der Waals surface area (Å²) in [5.74, 6) is 0.751. The van der Waals surface area contributed by atoms with E-state index in [-0.39, 0.29) is 0 Å². The Balaban J connectivity index is 2.40. The minimum absolute atomic E-state index is 0.386. The molecule has 1 nitrogen and oxygen atoms in total. The zero-order valence-electron chi connectivity index (χ0n) is 12.9. The predicted molar refractivity (Wildman–Crippen MR) is 77.6 cm³/mol. The van der Waals surface area contributed by atoms with E-state index in [2.05, 4.69) is 40.7 Å². The molecule has 1 aliphatic carbocycles. The first-order valence-corrected chi connectivity index (χ1v) is 7.83. The topological polar surface area (TPSA) is 9.23 Å². The summed E-state index contributed by atoms with van der Waals surface area (Å²) in [7, 11) is 0. The van der Waals surface area contributed by atoms with Gasteiger partial charge in [0.25, 0.3) is 0 Å². The van der Waals surface area contributed by atoms with E-state index in [0.717, 1.165) is 12.5 Å². The molecule has 104 valence electrons. The van der Waals surface area contributed by atoms with Crippen LogP contribution in [0.4, 0.5) is 0 Å². The van der Waals surface area contributed by atoms with Crippen molar-refractivity contribution in [3.05, 3.63) is 11.6 Å². The van der Waals surface area contributed by atoms with Crippen molar-refractivity contribution in [3.8, 4) is 0 Å². The van der Waals surface area contributed by atoms with Crippen LogP contribution in [0.25, 0.3) is 0 Å². The largest absolute Gasteiger partial charge is 0.373 e. The molecule has 3 atom stereocenters. The molecule has 18 heavy (non-hydrogen) atoms. The van der Waals surface area contributed by atoms with E-state index >= 15 is 0 Å². The second kappa shape index (κ2) is 5.00. The maximum Gasteiger partial charge on any atom is 0.0822 e. The summed E-state index contributed by atoms with van der Waals surface area (Å²) < 4.78 is 6.26. The van der Waals surface area contributed by atoms with Crippen LogP contribution in [0.5, 0.6) is 0 Å². The van der Waals surface area contributed by atoms with Crippen molar-refractivity contribution >= 4 is 0 Å². The van der Waals surface area contributed by atoms with Gasteiger partial charge in [0.2, 0.25) is 0 Å². The lowest BCUT2D eigenvalue weighted by Gasteiger charge is -2.40. The number of fused-ring (bicyclic) bond motifs is 1. The summed E-state index contributed by atoms with van der Waals surface area (Å²) in [6.07, 6.45) is 9.34. The summed E-state index contributed by atoms with van der Waals surface area (Å²) >= 11 is 0. The third-order valence-electron chi connectivity index (χ3n) is 6.31. The van der Waals surface area contributed by atoms with Crippen LogP contribution in [0, 0.1) is 16.7 Å². The Bertz CT molecular complexity index is 327. The van der Waals surface area contributed by atoms with Gasteiger partial charge in [0.15, 0.2) is 0 Å². The first-order chi connectivity index (χ1) is 8.59. The van der Waals surface area contributed by atoms with Crippen LogP contribution < -0.4 is 0 Å². The van der Waals surface area contributed by atoms with E-state index in [0.29, 0.717) is 16.9 Å². The fraction of sp³-hybridized carbons (Fsp3) is 0.882. The summed E-state index contributed by atoms with van der Waals surface area (Å²) in [6, 6.07) is 0. The van der Waals surface area contributed by atoms with Crippen molar-refractivity contribution in [1.29, 1.82) is 0 Å². The minimum atomic E-state index is 0.386. The zero-order valence-corrected chi connectivity index (χ0v) is 12.9. The number of allylic oxidation sites excluding steroid dienone is 1. The lowest BCUT2D eigenvalue weighted by Crippen LogP contribution is -2.38. The SMILES string of the molecule is CC=C(C)C1OCC2(CC)CCC(CC)(CC)C12. The summed E-state index contributed by atoms with van der Waals surface area (Å²) in [4.78, 5) is 0. The first-order valence-electron chi connectivity index (χ1n) is 7.83. The summed E-state index contributed by atoms with van der Waals surface area (Å²) in [6.45, 7) is 12.5. The van der Waals surface area contributed by atoms with Gasteiger partial charge < -0.3 is 4.74 Å². The highest BCUT2D eigenvalue weighted by Crippen LogP contribution is 2.64. The maximum atomic E-state index is 6.26. The number of rotatable bonds is 4. The molecule has 0 aromatic rings. The molecule has 2 rings (SSSR count). The van der Waals surface area contributed by atoms with Crippen molar-refractivity contribution in [1.82, 2.24) is 0 Å². The lowest BCUT2D eigenvalue weighted by molar-refractivity contribution is 0.0597. The Hall–Kier alpha value is -0.300. The van der Waals surface area contributed by atoms with Crippen molar-refractivity contribution in [2.45, 2.75) is 72.8 Å². The Labute approximate surface area is 113 Å². The van der Waals surface area contributed by atoms with Gasteiger partial charge in [-0.15, -0.1) is 0 Å². The van der Waals surface area contributed by atoms with Gasteiger partial charge in [0.1, 0.15) is 0 Å². The molecule has 2 aliphatic rings. The molecule has 2 fully saturated rings. The Morgan fingerprint density at radius 1 is 1.17 bits per heavy atom. The van der Waals surface area contributed by atoms with Crippen LogP contribution in [-0.4, -0.2) is 12.7 Å². The lowest BCUT2D eigenvalue weighted by atomic mass is 9.63. The van der Waals surface area contributed by atoms with Gasteiger partial charge >= 0.3 is 0 Å². The van der Waals surface area contributed by atoms with Gasteiger partial charge in [-0.3, -0.25) is 0 Å². The molecule has 1 saturated carbocycles. The second-order valence-corrected chi connectivity index (χ2v) is 6.53. The molecule has 0 aromatic heterocycles. The van der Waals surface area contributed by atoms with Crippen LogP contribution in [0.15, 0.2) is 11.6 Å². The Morgan fingerprint density at radius 2 is 1.83 bits per heavy atom. The average Bonchev–Trinajstić information content (AvgIpc) is 2.94. The van der Waals surface area contributed by atoms with Crippen LogP contribution in [0.1, 0.15) is 66.7 Å². The predicted octanol–water partition coefficient (Wildman–Crippen LogP) is 4.96. The van der Waals surface area contributed by atoms with E-state index in [4.69, 9.17) is 4.74 Å². The molecule has 1 aliphatic heterocycles. The van der Waals surface area contributed by atoms with Gasteiger partial charge in [-0.05, 0) is 49.5 Å². The van der Waals surface area contributed by atoms with E-state index in [1.54, 1.807) is 0 Å². The smallest absolute Gasteiger partial charge is 0.0822 e. The van der Waals surface area contributed by atoms with Crippen LogP contribution in [0.3, 0.4) is 0 Å². The molecule has 0 bridgehead atoms. The third-order valence-corrected chi connectivity index (χ3v) is 6.31. The standard InChI is InChI=1S/C17H30O/c1-6-13(5)14-15-16(7-2,8-3)10-11-17(15,9-4)12-18-14/h6,14-15H,7-12H2,1-5H3. The number of hydrogen-bond acceptors (Lipinski definition) is 1. The first kappa shape index (κ1) is 14.1. The molecular weight excluding hydrogens is 220 g/mol. The van der Waals surface area contributed by atoms with E-state index < -0.39 is 0 Å². The molecule has 3 unspecified atom stereocenters. The Morgan fingerprint density at radius 3 is 2.33 bits per heavy atom. The number of hydrogen-bond donors (Lipinski definition) is 0. The highest BCUT2D eigenvalue weighted by Gasteiger charge is 2.61. The molecule has 0 spiro atoms. The highest BCUT2D eigenvalue weighted by molar-refractivity contribution is 5.18. The minimum Gasteiger partial charge on any atom is -0.373 e. The molecule has 1 heteroatoms. The van der Waals surface area contributed by atoms with E-state index in [1.807, 2.05) is 0 Å². The third kappa shape index (κ3) is 1.78. The maximum absolute atomic E-state index is 6.26. The van der Waals surface area contributed by atoms with Crippen molar-refractivity contribution < 1.29 is 4.74 Å². The Kier molecular flexibility index (Phi) is 3.92. The van der Waals surface area contributed by atoms with Gasteiger partial charge in [-0.2, -0.15) is 0 Å². The summed E-state index contributed by atoms with van der Waals surface area (Å²) in [5, 5.41) is 0. The summed E-state index contributed by atoms with van der Waals surface area (Å²) in [5.41, 5.74) is 2.45. The van der Waals surface area contributed by atoms with Gasteiger partial charge in [0.05, 0.1) is 12.7 Å². The van der Waals surface area contributed by atoms with Crippen molar-refractivity contribution in [2.75, 3.05) is 6.61 Å². The molecule has 1 heterocycles. The number of ether oxygens (including phenoxy) is 1. The van der Waals surface area contributed by atoms with Crippen LogP contribution >= 0.6 is 0 Å². The van der Waals surface area contributed by atoms with Crippen molar-refractivity contribution in [2.24, 2.45) is 16.7 Å².